The molecule has 0 unspecified atom stereocenters. The largest absolute Gasteiger partial charge is 0.355 e. The molecule has 0 saturated carbocycles. The predicted octanol–water partition coefficient (Wildman–Crippen LogP) is -0.465. The minimum Gasteiger partial charge on any atom is -0.355 e. The summed E-state index contributed by atoms with van der Waals surface area (Å²) in [5.74, 6) is 0.0664. The quantitative estimate of drug-likeness (QED) is 0.586. The monoisotopic (exact) mass is 236 g/mol. The first-order chi connectivity index (χ1) is 6.86. The van der Waals surface area contributed by atoms with E-state index in [4.69, 9.17) is 0 Å². The van der Waals surface area contributed by atoms with Crippen molar-refractivity contribution in [2.24, 2.45) is 0 Å². The van der Waals surface area contributed by atoms with Crippen LogP contribution in [0.25, 0.3) is 0 Å². The number of sulfone groups is 1. The number of hydrogen-bond donors (Lipinski definition) is 2. The van der Waals surface area contributed by atoms with Crippen LogP contribution < -0.4 is 10.6 Å². The SMILES string of the molecule is CC(=O)NCCNCCS(=O)(=O)C(C)C. The average Bonchev–Trinajstić information content (AvgIpc) is 2.10. The fourth-order valence-corrected chi connectivity index (χ4v) is 1.80. The van der Waals surface area contributed by atoms with E-state index >= 15 is 0 Å². The van der Waals surface area contributed by atoms with Crippen molar-refractivity contribution in [3.05, 3.63) is 0 Å². The topological polar surface area (TPSA) is 75.3 Å². The second kappa shape index (κ2) is 6.79. The molecular weight excluding hydrogens is 216 g/mol. The number of carbonyl (C=O) groups excluding carboxylic acids is 1. The van der Waals surface area contributed by atoms with E-state index in [2.05, 4.69) is 10.6 Å². The van der Waals surface area contributed by atoms with Crippen LogP contribution in [0.2, 0.25) is 0 Å². The molecule has 0 aliphatic rings. The molecule has 0 radical (unpaired) electrons. The Bertz CT molecular complexity index is 286. The van der Waals surface area contributed by atoms with E-state index in [9.17, 15) is 13.2 Å². The van der Waals surface area contributed by atoms with Gasteiger partial charge < -0.3 is 10.6 Å². The Morgan fingerprint density at radius 2 is 1.80 bits per heavy atom. The molecule has 0 bridgehead atoms. The molecule has 0 aromatic carbocycles. The van der Waals surface area contributed by atoms with E-state index in [1.165, 1.54) is 6.92 Å². The molecule has 6 heteroatoms. The van der Waals surface area contributed by atoms with E-state index in [0.29, 0.717) is 19.6 Å². The lowest BCUT2D eigenvalue weighted by Gasteiger charge is -2.08. The van der Waals surface area contributed by atoms with Crippen LogP contribution in [0, 0.1) is 0 Å². The van der Waals surface area contributed by atoms with E-state index in [1.807, 2.05) is 0 Å². The number of rotatable bonds is 7. The molecule has 90 valence electrons. The normalized spacial score (nSPS) is 11.7. The van der Waals surface area contributed by atoms with Gasteiger partial charge in [-0.05, 0) is 13.8 Å². The molecule has 0 aliphatic carbocycles. The van der Waals surface area contributed by atoms with Gasteiger partial charge in [0.05, 0.1) is 11.0 Å². The van der Waals surface area contributed by atoms with Gasteiger partial charge in [-0.15, -0.1) is 0 Å². The molecule has 0 atom stereocenters. The summed E-state index contributed by atoms with van der Waals surface area (Å²) >= 11 is 0. The van der Waals surface area contributed by atoms with Crippen LogP contribution in [-0.2, 0) is 14.6 Å². The molecule has 15 heavy (non-hydrogen) atoms. The zero-order valence-electron chi connectivity index (χ0n) is 9.54. The maximum absolute atomic E-state index is 11.4. The third-order valence-electron chi connectivity index (χ3n) is 1.96. The highest BCUT2D eigenvalue weighted by Gasteiger charge is 2.14. The second-order valence-corrected chi connectivity index (χ2v) is 6.33. The van der Waals surface area contributed by atoms with Gasteiger partial charge in [0.25, 0.3) is 0 Å². The molecule has 0 heterocycles. The summed E-state index contributed by atoms with van der Waals surface area (Å²) in [6.45, 7) is 6.34. The highest BCUT2D eigenvalue weighted by molar-refractivity contribution is 7.92. The maximum Gasteiger partial charge on any atom is 0.216 e. The molecule has 0 aliphatic heterocycles. The standard InChI is InChI=1S/C9H20N2O3S/c1-8(2)15(13,14)7-6-10-4-5-11-9(3)12/h8,10H,4-7H2,1-3H3,(H,11,12). The summed E-state index contributed by atoms with van der Waals surface area (Å²) in [5.41, 5.74) is 0. The first kappa shape index (κ1) is 14.4. The van der Waals surface area contributed by atoms with E-state index < -0.39 is 9.84 Å². The van der Waals surface area contributed by atoms with Crippen molar-refractivity contribution >= 4 is 15.7 Å². The Kier molecular flexibility index (Phi) is 6.51. The summed E-state index contributed by atoms with van der Waals surface area (Å²) in [4.78, 5) is 10.5. The van der Waals surface area contributed by atoms with Gasteiger partial charge in [-0.25, -0.2) is 8.42 Å². The molecule has 5 nitrogen and oxygen atoms in total. The van der Waals surface area contributed by atoms with Gasteiger partial charge in [-0.3, -0.25) is 4.79 Å². The summed E-state index contributed by atoms with van der Waals surface area (Å²) in [7, 11) is -2.95. The predicted molar refractivity (Wildman–Crippen MR) is 60.5 cm³/mol. The lowest BCUT2D eigenvalue weighted by Crippen LogP contribution is -2.33. The molecule has 0 saturated heterocycles. The zero-order valence-corrected chi connectivity index (χ0v) is 10.4. The third-order valence-corrected chi connectivity index (χ3v) is 4.17. The molecule has 0 aromatic heterocycles. The van der Waals surface area contributed by atoms with Gasteiger partial charge in [0, 0.05) is 26.6 Å². The number of nitrogens with one attached hydrogen (secondary N) is 2. The van der Waals surface area contributed by atoms with Crippen LogP contribution in [0.1, 0.15) is 20.8 Å². The van der Waals surface area contributed by atoms with Crippen molar-refractivity contribution in [3.63, 3.8) is 0 Å². The van der Waals surface area contributed by atoms with Gasteiger partial charge in [0.15, 0.2) is 9.84 Å². The molecular formula is C9H20N2O3S. The molecule has 0 aromatic rings. The zero-order chi connectivity index (χ0) is 11.9. The highest BCUT2D eigenvalue weighted by Crippen LogP contribution is 1.98. The van der Waals surface area contributed by atoms with Crippen LogP contribution in [-0.4, -0.2) is 45.0 Å². The van der Waals surface area contributed by atoms with Gasteiger partial charge >= 0.3 is 0 Å². The highest BCUT2D eigenvalue weighted by atomic mass is 32.2. The van der Waals surface area contributed by atoms with Crippen molar-refractivity contribution < 1.29 is 13.2 Å². The van der Waals surface area contributed by atoms with Crippen LogP contribution >= 0.6 is 0 Å². The fraction of sp³-hybridized carbons (Fsp3) is 0.889. The van der Waals surface area contributed by atoms with Crippen LogP contribution in [0.3, 0.4) is 0 Å². The van der Waals surface area contributed by atoms with Crippen LogP contribution in [0.4, 0.5) is 0 Å². The molecule has 0 fully saturated rings. The minimum absolute atomic E-state index is 0.0772. The Hall–Kier alpha value is -0.620. The fourth-order valence-electron chi connectivity index (χ4n) is 0.902. The minimum atomic E-state index is -2.95. The van der Waals surface area contributed by atoms with Crippen molar-refractivity contribution in [3.8, 4) is 0 Å². The summed E-state index contributed by atoms with van der Waals surface area (Å²) in [5, 5.41) is 5.25. The van der Waals surface area contributed by atoms with Crippen molar-refractivity contribution in [2.75, 3.05) is 25.4 Å². The Morgan fingerprint density at radius 3 is 2.27 bits per heavy atom. The first-order valence-electron chi connectivity index (χ1n) is 5.03. The molecule has 0 spiro atoms. The van der Waals surface area contributed by atoms with Gasteiger partial charge in [-0.1, -0.05) is 0 Å². The Balaban J connectivity index is 3.51. The summed E-state index contributed by atoms with van der Waals surface area (Å²) < 4.78 is 22.7. The Labute approximate surface area is 91.5 Å². The molecule has 1 amide bonds. The third kappa shape index (κ3) is 7.33. The smallest absolute Gasteiger partial charge is 0.216 e. The summed E-state index contributed by atoms with van der Waals surface area (Å²) in [6, 6.07) is 0. The molecule has 0 rings (SSSR count). The van der Waals surface area contributed by atoms with Crippen LogP contribution in [0.5, 0.6) is 0 Å². The first-order valence-corrected chi connectivity index (χ1v) is 6.74. The average molecular weight is 236 g/mol. The van der Waals surface area contributed by atoms with E-state index in [-0.39, 0.29) is 16.9 Å². The van der Waals surface area contributed by atoms with Gasteiger partial charge in [-0.2, -0.15) is 0 Å². The van der Waals surface area contributed by atoms with Gasteiger partial charge in [0.2, 0.25) is 5.91 Å². The summed E-state index contributed by atoms with van der Waals surface area (Å²) in [6.07, 6.45) is 0. The van der Waals surface area contributed by atoms with Crippen molar-refractivity contribution in [1.29, 1.82) is 0 Å². The van der Waals surface area contributed by atoms with Crippen molar-refractivity contribution in [2.45, 2.75) is 26.0 Å². The second-order valence-electron chi connectivity index (χ2n) is 3.65. The van der Waals surface area contributed by atoms with E-state index in [0.717, 1.165) is 0 Å². The lowest BCUT2D eigenvalue weighted by atomic mass is 10.5. The van der Waals surface area contributed by atoms with E-state index in [1.54, 1.807) is 13.8 Å². The Morgan fingerprint density at radius 1 is 1.20 bits per heavy atom. The van der Waals surface area contributed by atoms with Crippen LogP contribution in [0.15, 0.2) is 0 Å². The molecule has 2 N–H and O–H groups in total. The lowest BCUT2D eigenvalue weighted by molar-refractivity contribution is -0.118. The maximum atomic E-state index is 11.4. The number of hydrogen-bond acceptors (Lipinski definition) is 4. The number of carbonyl (C=O) groups is 1. The van der Waals surface area contributed by atoms with Crippen molar-refractivity contribution in [1.82, 2.24) is 10.6 Å². The number of amides is 1. The van der Waals surface area contributed by atoms with Gasteiger partial charge in [0.1, 0.15) is 0 Å².